The molecule has 0 radical (unpaired) electrons. The molecule has 0 aliphatic rings. The van der Waals surface area contributed by atoms with Gasteiger partial charge in [0.05, 0.1) is 17.6 Å². The van der Waals surface area contributed by atoms with Gasteiger partial charge in [-0.3, -0.25) is 4.98 Å². The molecule has 0 aliphatic carbocycles. The number of hydrogen-bond donors (Lipinski definition) is 1. The molecule has 0 aliphatic heterocycles. The molecule has 0 atom stereocenters. The van der Waals surface area contributed by atoms with E-state index in [0.717, 1.165) is 11.3 Å². The summed E-state index contributed by atoms with van der Waals surface area (Å²) < 4.78 is 0. The highest BCUT2D eigenvalue weighted by Gasteiger charge is 2.03. The number of aryl methyl sites for hydroxylation is 1. The van der Waals surface area contributed by atoms with Crippen molar-refractivity contribution in [3.05, 3.63) is 48.0 Å². The van der Waals surface area contributed by atoms with Gasteiger partial charge < -0.3 is 5.32 Å². The van der Waals surface area contributed by atoms with Gasteiger partial charge in [-0.2, -0.15) is 5.26 Å². The molecule has 4 nitrogen and oxygen atoms in total. The van der Waals surface area contributed by atoms with E-state index in [9.17, 15) is 0 Å². The molecule has 0 spiro atoms. The summed E-state index contributed by atoms with van der Waals surface area (Å²) in [5.41, 5.74) is 3.03. The van der Waals surface area contributed by atoms with Gasteiger partial charge in [0, 0.05) is 12.4 Å². The molecule has 78 valence electrons. The summed E-state index contributed by atoms with van der Waals surface area (Å²) in [7, 11) is 0. The summed E-state index contributed by atoms with van der Waals surface area (Å²) in [5.74, 6) is 0. The largest absolute Gasteiger partial charge is 0.352 e. The zero-order chi connectivity index (χ0) is 11.4. The van der Waals surface area contributed by atoms with Gasteiger partial charge in [0.2, 0.25) is 0 Å². The number of hydrogen-bond acceptors (Lipinski definition) is 4. The highest BCUT2D eigenvalue weighted by Crippen LogP contribution is 2.20. The van der Waals surface area contributed by atoms with Crippen LogP contribution >= 0.6 is 0 Å². The first-order valence-corrected chi connectivity index (χ1v) is 4.84. The van der Waals surface area contributed by atoms with Gasteiger partial charge in [0.15, 0.2) is 5.69 Å². The predicted molar refractivity (Wildman–Crippen MR) is 61.2 cm³/mol. The minimum Gasteiger partial charge on any atom is -0.352 e. The van der Waals surface area contributed by atoms with Crippen LogP contribution in [0.25, 0.3) is 0 Å². The molecule has 2 heterocycles. The Morgan fingerprint density at radius 2 is 2.12 bits per heavy atom. The Morgan fingerprint density at radius 3 is 2.88 bits per heavy atom. The Balaban J connectivity index is 2.35. The topological polar surface area (TPSA) is 61.6 Å². The fourth-order valence-corrected chi connectivity index (χ4v) is 1.34. The Morgan fingerprint density at radius 1 is 1.25 bits per heavy atom. The first-order valence-electron chi connectivity index (χ1n) is 4.84. The molecular weight excluding hydrogens is 200 g/mol. The molecule has 0 saturated carbocycles. The number of rotatable bonds is 2. The van der Waals surface area contributed by atoms with E-state index in [2.05, 4.69) is 15.3 Å². The van der Waals surface area contributed by atoms with E-state index >= 15 is 0 Å². The van der Waals surface area contributed by atoms with Crippen LogP contribution in [0, 0.1) is 18.3 Å². The van der Waals surface area contributed by atoms with Gasteiger partial charge in [-0.25, -0.2) is 4.98 Å². The van der Waals surface area contributed by atoms with Crippen LogP contribution in [0.4, 0.5) is 11.4 Å². The van der Waals surface area contributed by atoms with Crippen molar-refractivity contribution in [2.45, 2.75) is 6.92 Å². The first-order chi connectivity index (χ1) is 7.81. The van der Waals surface area contributed by atoms with Gasteiger partial charge in [0.1, 0.15) is 6.07 Å². The monoisotopic (exact) mass is 210 g/mol. The average molecular weight is 210 g/mol. The van der Waals surface area contributed by atoms with Crippen molar-refractivity contribution in [3.8, 4) is 6.07 Å². The Labute approximate surface area is 93.6 Å². The van der Waals surface area contributed by atoms with E-state index < -0.39 is 0 Å². The lowest BCUT2D eigenvalue weighted by Gasteiger charge is -2.08. The van der Waals surface area contributed by atoms with Crippen LogP contribution in [0.2, 0.25) is 0 Å². The van der Waals surface area contributed by atoms with Crippen molar-refractivity contribution in [1.29, 1.82) is 5.26 Å². The average Bonchev–Trinajstić information content (AvgIpc) is 2.33. The number of nitriles is 1. The molecular formula is C12H10N4. The third-order valence-corrected chi connectivity index (χ3v) is 2.22. The van der Waals surface area contributed by atoms with Gasteiger partial charge in [-0.15, -0.1) is 0 Å². The molecule has 2 aromatic rings. The number of nitrogens with zero attached hydrogens (tertiary/aromatic N) is 3. The first kappa shape index (κ1) is 10.1. The fraction of sp³-hybridized carbons (Fsp3) is 0.0833. The van der Waals surface area contributed by atoms with Crippen LogP contribution < -0.4 is 5.32 Å². The minimum absolute atomic E-state index is 0.380. The molecule has 0 fully saturated rings. The summed E-state index contributed by atoms with van der Waals surface area (Å²) >= 11 is 0. The summed E-state index contributed by atoms with van der Waals surface area (Å²) in [4.78, 5) is 8.01. The van der Waals surface area contributed by atoms with Gasteiger partial charge in [-0.05, 0) is 30.7 Å². The van der Waals surface area contributed by atoms with Crippen molar-refractivity contribution in [3.63, 3.8) is 0 Å². The summed E-state index contributed by atoms with van der Waals surface area (Å²) in [6.45, 7) is 1.98. The fourth-order valence-electron chi connectivity index (χ4n) is 1.34. The van der Waals surface area contributed by atoms with E-state index in [1.54, 1.807) is 24.7 Å². The lowest BCUT2D eigenvalue weighted by Crippen LogP contribution is -1.97. The van der Waals surface area contributed by atoms with Crippen LogP contribution in [0.3, 0.4) is 0 Å². The molecule has 1 N–H and O–H groups in total. The Hall–Kier alpha value is -2.41. The zero-order valence-electron chi connectivity index (χ0n) is 8.81. The Bertz CT molecular complexity index is 543. The molecule has 0 amide bonds. The van der Waals surface area contributed by atoms with Crippen molar-refractivity contribution < 1.29 is 0 Å². The Kier molecular flexibility index (Phi) is 2.79. The molecule has 2 rings (SSSR count). The molecule has 0 aromatic carbocycles. The van der Waals surface area contributed by atoms with Crippen molar-refractivity contribution in [2.75, 3.05) is 5.32 Å². The van der Waals surface area contributed by atoms with E-state index in [1.165, 1.54) is 0 Å². The van der Waals surface area contributed by atoms with Crippen molar-refractivity contribution in [1.82, 2.24) is 9.97 Å². The summed E-state index contributed by atoms with van der Waals surface area (Å²) in [6.07, 6.45) is 5.05. The van der Waals surface area contributed by atoms with Crippen LogP contribution in [0.15, 0.2) is 36.8 Å². The maximum absolute atomic E-state index is 8.90. The molecule has 0 bridgehead atoms. The third kappa shape index (κ3) is 1.98. The lowest BCUT2D eigenvalue weighted by atomic mass is 10.2. The molecule has 16 heavy (non-hydrogen) atoms. The van der Waals surface area contributed by atoms with Crippen molar-refractivity contribution in [2.24, 2.45) is 0 Å². The third-order valence-electron chi connectivity index (χ3n) is 2.22. The van der Waals surface area contributed by atoms with Crippen LogP contribution in [-0.2, 0) is 0 Å². The van der Waals surface area contributed by atoms with E-state index in [0.29, 0.717) is 11.4 Å². The van der Waals surface area contributed by atoms with Gasteiger partial charge >= 0.3 is 0 Å². The van der Waals surface area contributed by atoms with Crippen LogP contribution in [0.5, 0.6) is 0 Å². The van der Waals surface area contributed by atoms with Crippen LogP contribution in [-0.4, -0.2) is 9.97 Å². The maximum atomic E-state index is 8.90. The van der Waals surface area contributed by atoms with Crippen LogP contribution in [0.1, 0.15) is 11.3 Å². The molecule has 0 saturated heterocycles. The number of anilines is 2. The van der Waals surface area contributed by atoms with E-state index in [4.69, 9.17) is 5.26 Å². The second-order valence-corrected chi connectivity index (χ2v) is 3.33. The van der Waals surface area contributed by atoms with E-state index in [-0.39, 0.29) is 0 Å². The quantitative estimate of drug-likeness (QED) is 0.826. The maximum Gasteiger partial charge on any atom is 0.163 e. The molecule has 4 heteroatoms. The smallest absolute Gasteiger partial charge is 0.163 e. The summed E-state index contributed by atoms with van der Waals surface area (Å²) in [5, 5.41) is 12.0. The second kappa shape index (κ2) is 4.41. The molecule has 2 aromatic heterocycles. The normalized spacial score (nSPS) is 9.50. The standard InChI is InChI=1S/C12H10N4/c1-9-4-6-14-8-12(9)16-10-3-2-5-15-11(10)7-13/h2-6,8,16H,1H3. The lowest BCUT2D eigenvalue weighted by molar-refractivity contribution is 1.24. The highest BCUT2D eigenvalue weighted by molar-refractivity contribution is 5.65. The predicted octanol–water partition coefficient (Wildman–Crippen LogP) is 2.40. The minimum atomic E-state index is 0.380. The second-order valence-electron chi connectivity index (χ2n) is 3.33. The SMILES string of the molecule is Cc1ccncc1Nc1cccnc1C#N. The highest BCUT2D eigenvalue weighted by atomic mass is 14.9. The number of aromatic nitrogens is 2. The number of nitrogens with one attached hydrogen (secondary N) is 1. The van der Waals surface area contributed by atoms with Gasteiger partial charge in [-0.1, -0.05) is 0 Å². The van der Waals surface area contributed by atoms with Crippen molar-refractivity contribution >= 4 is 11.4 Å². The molecule has 0 unspecified atom stereocenters. The summed E-state index contributed by atoms with van der Waals surface area (Å²) in [6, 6.07) is 7.55. The van der Waals surface area contributed by atoms with E-state index in [1.807, 2.05) is 25.1 Å². The number of pyridine rings is 2. The zero-order valence-corrected chi connectivity index (χ0v) is 8.81. The van der Waals surface area contributed by atoms with Gasteiger partial charge in [0.25, 0.3) is 0 Å².